The molecule has 0 bridgehead atoms. The van der Waals surface area contributed by atoms with Gasteiger partial charge in [-0.15, -0.1) is 0 Å². The monoisotopic (exact) mass is 308 g/mol. The highest BCUT2D eigenvalue weighted by Gasteiger charge is 2.21. The summed E-state index contributed by atoms with van der Waals surface area (Å²) in [6.45, 7) is 8.87. The Balaban J connectivity index is 2.12. The number of rotatable bonds is 9. The Kier molecular flexibility index (Phi) is 6.38. The maximum atomic E-state index is 6.21. The second-order valence-electron chi connectivity index (χ2n) is 6.42. The van der Waals surface area contributed by atoms with Crippen molar-refractivity contribution < 1.29 is 0 Å². The largest absolute Gasteiger partial charge is 0.369 e. The number of unbranched alkanes of at least 4 members (excludes halogenated alkanes) is 2. The minimum absolute atomic E-state index is 0.516. The van der Waals surface area contributed by atoms with E-state index in [4.69, 9.17) is 11.6 Å². The van der Waals surface area contributed by atoms with Crippen LogP contribution in [0.3, 0.4) is 0 Å². The summed E-state index contributed by atoms with van der Waals surface area (Å²) in [5.41, 5.74) is 2.68. The summed E-state index contributed by atoms with van der Waals surface area (Å²) in [4.78, 5) is 2.52. The quantitative estimate of drug-likeness (QED) is 0.646. The van der Waals surface area contributed by atoms with Gasteiger partial charge in [-0.2, -0.15) is 0 Å². The zero-order chi connectivity index (χ0) is 15.2. The third-order valence-electron chi connectivity index (χ3n) is 4.14. The van der Waals surface area contributed by atoms with Crippen molar-refractivity contribution in [2.75, 3.05) is 11.4 Å². The van der Waals surface area contributed by atoms with Gasteiger partial charge in [-0.3, -0.25) is 0 Å². The lowest BCUT2D eigenvalue weighted by molar-refractivity contribution is 0.618. The Morgan fingerprint density at radius 2 is 2.05 bits per heavy atom. The number of nitrogens with one attached hydrogen (secondary N) is 1. The van der Waals surface area contributed by atoms with E-state index in [9.17, 15) is 0 Å². The summed E-state index contributed by atoms with van der Waals surface area (Å²) in [7, 11) is 0. The predicted octanol–water partition coefficient (Wildman–Crippen LogP) is 5.00. The molecule has 1 aliphatic carbocycles. The summed E-state index contributed by atoms with van der Waals surface area (Å²) in [5, 5.41) is 4.45. The molecule has 2 rings (SSSR count). The van der Waals surface area contributed by atoms with E-state index in [0.717, 1.165) is 24.2 Å². The molecule has 1 aromatic rings. The van der Waals surface area contributed by atoms with Gasteiger partial charge in [0.1, 0.15) is 0 Å². The van der Waals surface area contributed by atoms with E-state index in [-0.39, 0.29) is 0 Å². The van der Waals surface area contributed by atoms with Gasteiger partial charge in [0, 0.05) is 35.9 Å². The van der Waals surface area contributed by atoms with Gasteiger partial charge in [-0.25, -0.2) is 0 Å². The minimum Gasteiger partial charge on any atom is -0.369 e. The number of nitrogens with zero attached hydrogens (tertiary/aromatic N) is 1. The zero-order valence-corrected chi connectivity index (χ0v) is 14.4. The normalized spacial score (nSPS) is 14.7. The molecule has 0 aliphatic heterocycles. The van der Waals surface area contributed by atoms with Crippen LogP contribution in [0.25, 0.3) is 0 Å². The third kappa shape index (κ3) is 5.19. The van der Waals surface area contributed by atoms with Crippen molar-refractivity contribution in [3.63, 3.8) is 0 Å². The van der Waals surface area contributed by atoms with Crippen molar-refractivity contribution in [3.8, 4) is 0 Å². The van der Waals surface area contributed by atoms with Crippen molar-refractivity contribution in [2.24, 2.45) is 0 Å². The van der Waals surface area contributed by atoms with Crippen LogP contribution in [0, 0.1) is 0 Å². The second kappa shape index (κ2) is 8.05. The second-order valence-corrected chi connectivity index (χ2v) is 6.86. The Hall–Kier alpha value is -0.730. The van der Waals surface area contributed by atoms with E-state index in [1.807, 2.05) is 6.07 Å². The SMILES string of the molecule is CCCCCN(c1ccc(Cl)cc1CNC1CC1)C(C)C. The molecule has 3 heteroatoms. The molecule has 0 radical (unpaired) electrons. The first-order valence-corrected chi connectivity index (χ1v) is 8.78. The molecule has 1 aliphatic rings. The fraction of sp³-hybridized carbons (Fsp3) is 0.667. The fourth-order valence-electron chi connectivity index (χ4n) is 2.71. The molecule has 0 amide bonds. The van der Waals surface area contributed by atoms with E-state index < -0.39 is 0 Å². The van der Waals surface area contributed by atoms with E-state index in [2.05, 4.69) is 43.1 Å². The third-order valence-corrected chi connectivity index (χ3v) is 4.37. The minimum atomic E-state index is 0.516. The molecular formula is C18H29ClN2. The van der Waals surface area contributed by atoms with E-state index in [0.29, 0.717) is 6.04 Å². The van der Waals surface area contributed by atoms with Gasteiger partial charge in [0.05, 0.1) is 0 Å². The molecule has 118 valence electrons. The molecule has 1 fully saturated rings. The van der Waals surface area contributed by atoms with Crippen molar-refractivity contribution in [2.45, 2.75) is 71.5 Å². The van der Waals surface area contributed by atoms with E-state index in [1.54, 1.807) is 0 Å². The number of benzene rings is 1. The molecule has 0 atom stereocenters. The number of hydrogen-bond acceptors (Lipinski definition) is 2. The first-order chi connectivity index (χ1) is 10.1. The summed E-state index contributed by atoms with van der Waals surface area (Å²) < 4.78 is 0. The molecule has 0 saturated heterocycles. The number of anilines is 1. The van der Waals surface area contributed by atoms with Crippen LogP contribution in [0.2, 0.25) is 5.02 Å². The van der Waals surface area contributed by atoms with Crippen LogP contribution in [0.5, 0.6) is 0 Å². The highest BCUT2D eigenvalue weighted by atomic mass is 35.5. The van der Waals surface area contributed by atoms with Crippen LogP contribution >= 0.6 is 11.6 Å². The molecule has 2 nitrogen and oxygen atoms in total. The molecule has 0 heterocycles. The lowest BCUT2D eigenvalue weighted by atomic mass is 10.1. The van der Waals surface area contributed by atoms with Crippen molar-refractivity contribution >= 4 is 17.3 Å². The molecule has 0 unspecified atom stereocenters. The number of hydrogen-bond donors (Lipinski definition) is 1. The Labute approximate surface area is 134 Å². The van der Waals surface area contributed by atoms with E-state index >= 15 is 0 Å². The van der Waals surface area contributed by atoms with Crippen molar-refractivity contribution in [3.05, 3.63) is 28.8 Å². The molecule has 0 spiro atoms. The fourth-order valence-corrected chi connectivity index (χ4v) is 2.90. The lowest BCUT2D eigenvalue weighted by Gasteiger charge is -2.31. The van der Waals surface area contributed by atoms with Crippen LogP contribution in [0.15, 0.2) is 18.2 Å². The van der Waals surface area contributed by atoms with Gasteiger partial charge in [0.15, 0.2) is 0 Å². The van der Waals surface area contributed by atoms with E-state index in [1.165, 1.54) is 43.4 Å². The Morgan fingerprint density at radius 1 is 1.29 bits per heavy atom. The summed E-state index contributed by atoms with van der Waals surface area (Å²) in [5.74, 6) is 0. The van der Waals surface area contributed by atoms with Gasteiger partial charge in [-0.1, -0.05) is 31.4 Å². The molecule has 1 saturated carbocycles. The average molecular weight is 309 g/mol. The summed E-state index contributed by atoms with van der Waals surface area (Å²) in [6.07, 6.45) is 6.46. The van der Waals surface area contributed by atoms with Crippen LogP contribution < -0.4 is 10.2 Å². The molecule has 21 heavy (non-hydrogen) atoms. The first-order valence-electron chi connectivity index (χ1n) is 8.40. The number of halogens is 1. The Morgan fingerprint density at radius 3 is 2.67 bits per heavy atom. The van der Waals surface area contributed by atoms with Gasteiger partial charge >= 0.3 is 0 Å². The standard InChI is InChI=1S/C18H29ClN2/c1-4-5-6-11-21(14(2)3)18-10-7-16(19)12-15(18)13-20-17-8-9-17/h7,10,12,14,17,20H,4-6,8-9,11,13H2,1-3H3. The van der Waals surface area contributed by atoms with Crippen molar-refractivity contribution in [1.82, 2.24) is 5.32 Å². The summed E-state index contributed by atoms with van der Waals surface area (Å²) >= 11 is 6.21. The average Bonchev–Trinajstić information content (AvgIpc) is 3.26. The first kappa shape index (κ1) is 16.6. The molecule has 1 N–H and O–H groups in total. The van der Waals surface area contributed by atoms with Crippen LogP contribution in [0.1, 0.15) is 58.4 Å². The van der Waals surface area contributed by atoms with Gasteiger partial charge in [-0.05, 0) is 56.9 Å². The van der Waals surface area contributed by atoms with Crippen LogP contribution in [-0.4, -0.2) is 18.6 Å². The van der Waals surface area contributed by atoms with Gasteiger partial charge in [0.25, 0.3) is 0 Å². The maximum Gasteiger partial charge on any atom is 0.0415 e. The maximum absolute atomic E-state index is 6.21. The zero-order valence-electron chi connectivity index (χ0n) is 13.7. The molecular weight excluding hydrogens is 280 g/mol. The Bertz CT molecular complexity index is 441. The molecule has 1 aromatic carbocycles. The smallest absolute Gasteiger partial charge is 0.0415 e. The predicted molar refractivity (Wildman–Crippen MR) is 93.3 cm³/mol. The highest BCUT2D eigenvalue weighted by molar-refractivity contribution is 6.30. The topological polar surface area (TPSA) is 15.3 Å². The summed E-state index contributed by atoms with van der Waals surface area (Å²) in [6, 6.07) is 7.58. The lowest BCUT2D eigenvalue weighted by Crippen LogP contribution is -2.33. The van der Waals surface area contributed by atoms with Crippen molar-refractivity contribution in [1.29, 1.82) is 0 Å². The highest BCUT2D eigenvalue weighted by Crippen LogP contribution is 2.28. The van der Waals surface area contributed by atoms with Gasteiger partial charge in [0.2, 0.25) is 0 Å². The van der Waals surface area contributed by atoms with Gasteiger partial charge < -0.3 is 10.2 Å². The molecule has 0 aromatic heterocycles. The van der Waals surface area contributed by atoms with Crippen LogP contribution in [0.4, 0.5) is 5.69 Å². The van der Waals surface area contributed by atoms with Crippen LogP contribution in [-0.2, 0) is 6.54 Å².